The van der Waals surface area contributed by atoms with Gasteiger partial charge in [0.05, 0.1) is 0 Å². The molecule has 84 valence electrons. The summed E-state index contributed by atoms with van der Waals surface area (Å²) in [5.74, 6) is 1.86. The van der Waals surface area contributed by atoms with Crippen LogP contribution >= 0.6 is 0 Å². The number of hydrogen-bond acceptors (Lipinski definition) is 0. The molecule has 0 saturated heterocycles. The van der Waals surface area contributed by atoms with Crippen LogP contribution in [0.15, 0.2) is 36.4 Å². The van der Waals surface area contributed by atoms with Crippen LogP contribution in [0.4, 0.5) is 0 Å². The van der Waals surface area contributed by atoms with E-state index in [9.17, 15) is 0 Å². The Morgan fingerprint density at radius 1 is 0.733 bits per heavy atom. The molecule has 1 aromatic rings. The smallest absolute Gasteiger partial charge is 0.0623 e. The van der Waals surface area contributed by atoms with Gasteiger partial charge in [-0.25, -0.2) is 0 Å². The molecule has 0 aliphatic heterocycles. The average Bonchev–Trinajstić information content (AvgIpc) is 2.20. The van der Waals surface area contributed by atoms with Gasteiger partial charge in [0.1, 0.15) is 0 Å². The zero-order chi connectivity index (χ0) is 11.5. The first-order chi connectivity index (χ1) is 7.13. The predicted molar refractivity (Wildman–Crippen MR) is 72.6 cm³/mol. The molecule has 0 heterocycles. The van der Waals surface area contributed by atoms with Crippen molar-refractivity contribution in [3.05, 3.63) is 36.4 Å². The molecule has 0 aliphatic rings. The van der Waals surface area contributed by atoms with E-state index < -0.39 is 0 Å². The fraction of sp³-hybridized carbons (Fsp3) is 0.571. The molecule has 15 heavy (non-hydrogen) atoms. The zero-order valence-electron chi connectivity index (χ0n) is 11.6. The molecule has 0 aromatic heterocycles. The van der Waals surface area contributed by atoms with Crippen molar-refractivity contribution in [2.75, 3.05) is 0 Å². The van der Waals surface area contributed by atoms with Crippen LogP contribution in [0, 0.1) is 11.8 Å². The molecule has 1 aromatic carbocycles. The minimum atomic E-state index is 0. The summed E-state index contributed by atoms with van der Waals surface area (Å²) in [6.45, 7) is 9.25. The van der Waals surface area contributed by atoms with Crippen molar-refractivity contribution in [2.24, 2.45) is 11.8 Å². The first-order valence-corrected chi connectivity index (χ1v) is 7.58. The third-order valence-electron chi connectivity index (χ3n) is 1.94. The molecule has 0 N–H and O–H groups in total. The summed E-state index contributed by atoms with van der Waals surface area (Å²) in [6.07, 6.45) is 0. The van der Waals surface area contributed by atoms with Gasteiger partial charge in [0.25, 0.3) is 0 Å². The summed E-state index contributed by atoms with van der Waals surface area (Å²) in [7, 11) is 0. The maximum Gasteiger partial charge on any atom is -0.0623 e. The third-order valence-corrected chi connectivity index (χ3v) is 4.50. The van der Waals surface area contributed by atoms with Gasteiger partial charge in [0.2, 0.25) is 0 Å². The van der Waals surface area contributed by atoms with Crippen LogP contribution in [0.1, 0.15) is 29.1 Å². The first-order valence-electron chi connectivity index (χ1n) is 5.94. The Bertz CT molecular complexity index is 175. The van der Waals surface area contributed by atoms with Crippen molar-refractivity contribution in [3.63, 3.8) is 0 Å². The summed E-state index contributed by atoms with van der Waals surface area (Å²) >= 11 is 0.755. The van der Waals surface area contributed by atoms with E-state index in [1.165, 1.54) is 10.6 Å². The van der Waals surface area contributed by atoms with Gasteiger partial charge >= 0.3 is 65.3 Å². The molecule has 1 rings (SSSR count). The molecule has 0 fully saturated rings. The van der Waals surface area contributed by atoms with E-state index in [0.717, 1.165) is 27.1 Å². The summed E-state index contributed by atoms with van der Waals surface area (Å²) in [4.78, 5) is 0. The summed E-state index contributed by atoms with van der Waals surface area (Å²) in [5, 5.41) is 2.97. The van der Waals surface area contributed by atoms with Crippen molar-refractivity contribution in [1.29, 1.82) is 0 Å². The Balaban J connectivity index is 0. The third kappa shape index (κ3) is 13.8. The van der Waals surface area contributed by atoms with Crippen LogP contribution in [0.2, 0.25) is 10.6 Å². The van der Waals surface area contributed by atoms with E-state index in [1.807, 2.05) is 36.4 Å². The minimum Gasteiger partial charge on any atom is -1.00 e. The first kappa shape index (κ1) is 14.8. The van der Waals surface area contributed by atoms with Crippen molar-refractivity contribution in [1.82, 2.24) is 0 Å². The fourth-order valence-electron chi connectivity index (χ4n) is 1.15. The monoisotopic (exact) mass is 220 g/mol. The van der Waals surface area contributed by atoms with Crippen molar-refractivity contribution in [3.8, 4) is 0 Å². The Labute approximate surface area is 103 Å². The van der Waals surface area contributed by atoms with Crippen LogP contribution < -0.4 is 0 Å². The van der Waals surface area contributed by atoms with Gasteiger partial charge in [-0.15, -0.1) is 0 Å². The molecule has 0 bridgehead atoms. The van der Waals surface area contributed by atoms with Crippen LogP contribution in [0.5, 0.6) is 0 Å². The Morgan fingerprint density at radius 3 is 1.20 bits per heavy atom. The standard InChI is InChI=1S/C6H6.2C4H9.Al.H/c1-2-4-6-5-3-1;2*1-4(2)3;;/h1-6H;2*4H,1H2,2-3H3;;/q;;;+1;-1. The van der Waals surface area contributed by atoms with Gasteiger partial charge in [0, 0.05) is 0 Å². The number of benzene rings is 1. The summed E-state index contributed by atoms with van der Waals surface area (Å²) in [6, 6.07) is 12.0. The zero-order valence-corrected chi connectivity index (χ0v) is 11.8. The normalized spacial score (nSPS) is 9.47. The SMILES string of the molecule is CC(C)[CH2][Al+][CH2]C(C)C.[H-].c1ccccc1. The van der Waals surface area contributed by atoms with E-state index in [4.69, 9.17) is 0 Å². The summed E-state index contributed by atoms with van der Waals surface area (Å²) in [5.41, 5.74) is 0. The van der Waals surface area contributed by atoms with Gasteiger partial charge in [-0.1, -0.05) is 36.4 Å². The van der Waals surface area contributed by atoms with Gasteiger partial charge in [-0.3, -0.25) is 0 Å². The molecule has 0 spiro atoms. The average molecular weight is 220 g/mol. The van der Waals surface area contributed by atoms with Crippen LogP contribution in [0.3, 0.4) is 0 Å². The van der Waals surface area contributed by atoms with E-state index in [1.54, 1.807) is 0 Å². The Morgan fingerprint density at radius 2 is 1.00 bits per heavy atom. The van der Waals surface area contributed by atoms with Gasteiger partial charge in [-0.05, 0) is 0 Å². The Hall–Kier alpha value is -0.248. The van der Waals surface area contributed by atoms with E-state index >= 15 is 0 Å². The molecule has 0 radical (unpaired) electrons. The van der Waals surface area contributed by atoms with Crippen LogP contribution in [-0.2, 0) is 0 Å². The van der Waals surface area contributed by atoms with Gasteiger partial charge in [-0.2, -0.15) is 0 Å². The van der Waals surface area contributed by atoms with Crippen LogP contribution in [0.25, 0.3) is 0 Å². The van der Waals surface area contributed by atoms with E-state index in [0.29, 0.717) is 0 Å². The topological polar surface area (TPSA) is 0 Å². The molecule has 1 heteroatoms. The minimum absolute atomic E-state index is 0. The summed E-state index contributed by atoms with van der Waals surface area (Å²) < 4.78 is 0. The van der Waals surface area contributed by atoms with Crippen LogP contribution in [-0.4, -0.2) is 15.2 Å². The predicted octanol–water partition coefficient (Wildman–Crippen LogP) is 4.64. The maximum absolute atomic E-state index is 2.31. The largest absolute Gasteiger partial charge is 1.00 e. The molecule has 0 saturated carbocycles. The second kappa shape index (κ2) is 10.3. The fourth-order valence-corrected chi connectivity index (χ4v) is 2.67. The molecule has 0 amide bonds. The van der Waals surface area contributed by atoms with Crippen molar-refractivity contribution >= 4 is 15.2 Å². The van der Waals surface area contributed by atoms with Gasteiger partial charge in [0.15, 0.2) is 0 Å². The molecule has 0 nitrogen and oxygen atoms in total. The molecular weight excluding hydrogens is 195 g/mol. The van der Waals surface area contributed by atoms with Crippen molar-refractivity contribution in [2.45, 2.75) is 38.3 Å². The second-order valence-corrected chi connectivity index (χ2v) is 6.22. The van der Waals surface area contributed by atoms with E-state index in [-0.39, 0.29) is 1.43 Å². The quantitative estimate of drug-likeness (QED) is 0.648. The number of hydrogen-bond donors (Lipinski definition) is 0. The number of rotatable bonds is 4. The molecular formula is C14H25Al. The maximum atomic E-state index is 2.31. The second-order valence-electron chi connectivity index (χ2n) is 4.70. The molecule has 0 unspecified atom stereocenters. The van der Waals surface area contributed by atoms with Gasteiger partial charge < -0.3 is 1.43 Å². The molecule has 0 atom stereocenters. The van der Waals surface area contributed by atoms with E-state index in [2.05, 4.69) is 27.7 Å². The van der Waals surface area contributed by atoms with Crippen molar-refractivity contribution < 1.29 is 1.43 Å². The molecule has 0 aliphatic carbocycles. The Kier molecular flexibility index (Phi) is 10.1.